The van der Waals surface area contributed by atoms with Gasteiger partial charge in [-0.1, -0.05) is 32.9 Å². The van der Waals surface area contributed by atoms with Gasteiger partial charge in [-0.2, -0.15) is 0 Å². The van der Waals surface area contributed by atoms with Gasteiger partial charge in [-0.05, 0) is 35.3 Å². The Morgan fingerprint density at radius 1 is 1.16 bits per heavy atom. The molecule has 0 unspecified atom stereocenters. The monoisotopic (exact) mass is 341 g/mol. The zero-order valence-electron chi connectivity index (χ0n) is 14.2. The number of aliphatic carboxylic acids is 1. The number of benzene rings is 2. The van der Waals surface area contributed by atoms with Gasteiger partial charge in [-0.3, -0.25) is 10.1 Å². The van der Waals surface area contributed by atoms with Crippen LogP contribution in [0.25, 0.3) is 6.08 Å². The lowest BCUT2D eigenvalue weighted by Crippen LogP contribution is -2.10. The standard InChI is InChI=1S/C19H19NO5/c1-19(2,3)14-5-8-16(9-6-14)25-17-10-7-15(20(23)24)12-13(17)4-11-18(21)22/h4-12H,1-3H3,(H,21,22). The smallest absolute Gasteiger partial charge is 0.328 e. The van der Waals surface area contributed by atoms with Crippen molar-refractivity contribution in [1.82, 2.24) is 0 Å². The first kappa shape index (κ1) is 18.2. The molecule has 0 aliphatic heterocycles. The summed E-state index contributed by atoms with van der Waals surface area (Å²) in [6.45, 7) is 6.32. The van der Waals surface area contributed by atoms with Crippen LogP contribution >= 0.6 is 0 Å². The predicted octanol–water partition coefficient (Wildman–Crippen LogP) is 4.78. The van der Waals surface area contributed by atoms with Crippen molar-refractivity contribution in [3.63, 3.8) is 0 Å². The second-order valence-electron chi connectivity index (χ2n) is 6.53. The summed E-state index contributed by atoms with van der Waals surface area (Å²) in [7, 11) is 0. The highest BCUT2D eigenvalue weighted by atomic mass is 16.6. The van der Waals surface area contributed by atoms with Crippen LogP contribution in [0.5, 0.6) is 11.5 Å². The van der Waals surface area contributed by atoms with Gasteiger partial charge in [0.25, 0.3) is 5.69 Å². The van der Waals surface area contributed by atoms with Crippen molar-refractivity contribution in [3.05, 3.63) is 69.8 Å². The van der Waals surface area contributed by atoms with E-state index in [-0.39, 0.29) is 11.1 Å². The lowest BCUT2D eigenvalue weighted by atomic mass is 9.87. The van der Waals surface area contributed by atoms with Gasteiger partial charge in [0.15, 0.2) is 0 Å². The summed E-state index contributed by atoms with van der Waals surface area (Å²) in [5.41, 5.74) is 1.34. The SMILES string of the molecule is CC(C)(C)c1ccc(Oc2ccc([N+](=O)[O-])cc2C=CC(=O)O)cc1. The summed E-state index contributed by atoms with van der Waals surface area (Å²) in [6.07, 6.45) is 2.18. The van der Waals surface area contributed by atoms with E-state index in [1.165, 1.54) is 24.3 Å². The number of non-ortho nitro benzene ring substituents is 1. The number of ether oxygens (including phenoxy) is 1. The maximum atomic E-state index is 10.9. The normalized spacial score (nSPS) is 11.5. The van der Waals surface area contributed by atoms with Crippen LogP contribution in [0.4, 0.5) is 5.69 Å². The maximum Gasteiger partial charge on any atom is 0.328 e. The molecule has 0 bridgehead atoms. The van der Waals surface area contributed by atoms with E-state index in [0.29, 0.717) is 17.1 Å². The van der Waals surface area contributed by atoms with Crippen molar-refractivity contribution in [2.45, 2.75) is 26.2 Å². The largest absolute Gasteiger partial charge is 0.478 e. The zero-order valence-corrected chi connectivity index (χ0v) is 14.2. The number of carbonyl (C=O) groups is 1. The van der Waals surface area contributed by atoms with Crippen LogP contribution in [-0.2, 0) is 10.2 Å². The minimum absolute atomic E-state index is 0.0152. The third-order valence-corrected chi connectivity index (χ3v) is 3.56. The van der Waals surface area contributed by atoms with Crippen LogP contribution in [0.2, 0.25) is 0 Å². The van der Waals surface area contributed by atoms with E-state index in [1.54, 1.807) is 0 Å². The number of rotatable bonds is 5. The highest BCUT2D eigenvalue weighted by Gasteiger charge is 2.14. The molecule has 130 valence electrons. The van der Waals surface area contributed by atoms with Crippen LogP contribution in [0.15, 0.2) is 48.5 Å². The first-order chi connectivity index (χ1) is 11.7. The molecular formula is C19H19NO5. The molecule has 0 aliphatic rings. The fourth-order valence-electron chi connectivity index (χ4n) is 2.18. The minimum atomic E-state index is -1.15. The van der Waals surface area contributed by atoms with E-state index >= 15 is 0 Å². The highest BCUT2D eigenvalue weighted by Crippen LogP contribution is 2.31. The third-order valence-electron chi connectivity index (χ3n) is 3.56. The Labute approximate surface area is 145 Å². The van der Waals surface area contributed by atoms with Gasteiger partial charge < -0.3 is 9.84 Å². The van der Waals surface area contributed by atoms with E-state index in [9.17, 15) is 14.9 Å². The fourth-order valence-corrected chi connectivity index (χ4v) is 2.18. The van der Waals surface area contributed by atoms with E-state index in [1.807, 2.05) is 24.3 Å². The summed E-state index contributed by atoms with van der Waals surface area (Å²) in [5, 5.41) is 19.7. The lowest BCUT2D eigenvalue weighted by Gasteiger charge is -2.19. The highest BCUT2D eigenvalue weighted by molar-refractivity contribution is 5.86. The predicted molar refractivity (Wildman–Crippen MR) is 95.0 cm³/mol. The number of hydrogen-bond acceptors (Lipinski definition) is 4. The quantitative estimate of drug-likeness (QED) is 0.480. The van der Waals surface area contributed by atoms with Crippen molar-refractivity contribution in [1.29, 1.82) is 0 Å². The number of carboxylic acids is 1. The molecule has 0 fully saturated rings. The molecule has 0 aliphatic carbocycles. The summed E-state index contributed by atoms with van der Waals surface area (Å²) in [4.78, 5) is 21.1. The van der Waals surface area contributed by atoms with Gasteiger partial charge in [0.1, 0.15) is 11.5 Å². The van der Waals surface area contributed by atoms with E-state index in [0.717, 1.165) is 11.6 Å². The third kappa shape index (κ3) is 4.91. The summed E-state index contributed by atoms with van der Waals surface area (Å²) < 4.78 is 5.78. The Morgan fingerprint density at radius 2 is 1.80 bits per heavy atom. The topological polar surface area (TPSA) is 89.7 Å². The molecule has 0 aromatic heterocycles. The van der Waals surface area contributed by atoms with Crippen LogP contribution in [0.3, 0.4) is 0 Å². The van der Waals surface area contributed by atoms with E-state index < -0.39 is 10.9 Å². The molecule has 0 heterocycles. The van der Waals surface area contributed by atoms with Crippen molar-refractivity contribution in [2.75, 3.05) is 0 Å². The number of hydrogen-bond donors (Lipinski definition) is 1. The second kappa shape index (κ2) is 7.17. The van der Waals surface area contributed by atoms with Gasteiger partial charge in [0.05, 0.1) is 4.92 Å². The van der Waals surface area contributed by atoms with Crippen molar-refractivity contribution < 1.29 is 19.6 Å². The molecule has 0 spiro atoms. The molecular weight excluding hydrogens is 322 g/mol. The molecule has 6 heteroatoms. The Balaban J connectivity index is 2.34. The number of carboxylic acid groups (broad SMARTS) is 1. The Bertz CT molecular complexity index is 817. The van der Waals surface area contributed by atoms with E-state index in [4.69, 9.17) is 9.84 Å². The Kier molecular flexibility index (Phi) is 5.22. The molecule has 0 amide bonds. The van der Waals surface area contributed by atoms with Crippen molar-refractivity contribution in [2.24, 2.45) is 0 Å². The maximum absolute atomic E-state index is 10.9. The first-order valence-corrected chi connectivity index (χ1v) is 7.64. The molecule has 2 rings (SSSR count). The minimum Gasteiger partial charge on any atom is -0.478 e. The summed E-state index contributed by atoms with van der Waals surface area (Å²) in [5.74, 6) is -0.245. The van der Waals surface area contributed by atoms with Gasteiger partial charge in [0.2, 0.25) is 0 Å². The van der Waals surface area contributed by atoms with Gasteiger partial charge in [0, 0.05) is 23.8 Å². The summed E-state index contributed by atoms with van der Waals surface area (Å²) in [6, 6.07) is 11.6. The zero-order chi connectivity index (χ0) is 18.6. The van der Waals surface area contributed by atoms with E-state index in [2.05, 4.69) is 20.8 Å². The second-order valence-corrected chi connectivity index (χ2v) is 6.53. The Hall–Kier alpha value is -3.15. The first-order valence-electron chi connectivity index (χ1n) is 7.64. The molecule has 0 atom stereocenters. The average molecular weight is 341 g/mol. The molecule has 0 saturated carbocycles. The number of nitro groups is 1. The average Bonchev–Trinajstić information content (AvgIpc) is 2.53. The van der Waals surface area contributed by atoms with Crippen LogP contribution in [0, 0.1) is 10.1 Å². The summed E-state index contributed by atoms with van der Waals surface area (Å²) >= 11 is 0. The van der Waals surface area contributed by atoms with Crippen molar-refractivity contribution in [3.8, 4) is 11.5 Å². The Morgan fingerprint density at radius 3 is 2.32 bits per heavy atom. The number of nitrogens with zero attached hydrogens (tertiary/aromatic N) is 1. The fraction of sp³-hybridized carbons (Fsp3) is 0.211. The van der Waals surface area contributed by atoms with Crippen LogP contribution < -0.4 is 4.74 Å². The molecule has 0 radical (unpaired) electrons. The van der Waals surface area contributed by atoms with Crippen molar-refractivity contribution >= 4 is 17.7 Å². The van der Waals surface area contributed by atoms with Gasteiger partial charge >= 0.3 is 5.97 Å². The number of nitro benzene ring substituents is 1. The molecule has 6 nitrogen and oxygen atoms in total. The van der Waals surface area contributed by atoms with Gasteiger partial charge in [-0.25, -0.2) is 4.79 Å². The molecule has 2 aromatic carbocycles. The van der Waals surface area contributed by atoms with Crippen LogP contribution in [-0.4, -0.2) is 16.0 Å². The molecule has 25 heavy (non-hydrogen) atoms. The molecule has 1 N–H and O–H groups in total. The van der Waals surface area contributed by atoms with Crippen LogP contribution in [0.1, 0.15) is 31.9 Å². The lowest BCUT2D eigenvalue weighted by molar-refractivity contribution is -0.384. The van der Waals surface area contributed by atoms with Gasteiger partial charge in [-0.15, -0.1) is 0 Å². The molecule has 0 saturated heterocycles. The molecule has 2 aromatic rings.